The molecule has 0 aliphatic rings. The SMILES string of the molecule is NC(=NO)c1ccc(-c2ccc(-c3nc4ccc(C(N)=NO)cc4[nH]3)cc2)c(OCc2ccccc2)c1. The molecule has 0 unspecified atom stereocenters. The second kappa shape index (κ2) is 10.1. The molecule has 9 heteroatoms. The van der Waals surface area contributed by atoms with Crippen LogP contribution in [0.3, 0.4) is 0 Å². The first kappa shape index (κ1) is 23.4. The van der Waals surface area contributed by atoms with Gasteiger partial charge in [0, 0.05) is 22.3 Å². The molecule has 0 saturated carbocycles. The molecule has 0 atom stereocenters. The number of fused-ring (bicyclic) bond motifs is 1. The van der Waals surface area contributed by atoms with Gasteiger partial charge in [0.2, 0.25) is 0 Å². The minimum atomic E-state index is 0.00604. The van der Waals surface area contributed by atoms with Crippen LogP contribution in [0.5, 0.6) is 5.75 Å². The Morgan fingerprint density at radius 1 is 0.784 bits per heavy atom. The highest BCUT2D eigenvalue weighted by Crippen LogP contribution is 2.33. The van der Waals surface area contributed by atoms with Crippen LogP contribution < -0.4 is 16.2 Å². The Bertz CT molecular complexity index is 1610. The van der Waals surface area contributed by atoms with E-state index in [9.17, 15) is 0 Å². The van der Waals surface area contributed by atoms with Crippen LogP contribution in [0.25, 0.3) is 33.5 Å². The predicted molar refractivity (Wildman–Crippen MR) is 143 cm³/mol. The Morgan fingerprint density at radius 2 is 1.43 bits per heavy atom. The van der Waals surface area contributed by atoms with E-state index in [4.69, 9.17) is 26.6 Å². The molecular formula is C28H24N6O3. The van der Waals surface area contributed by atoms with Gasteiger partial charge in [-0.1, -0.05) is 71.0 Å². The Hall–Kier alpha value is -5.31. The van der Waals surface area contributed by atoms with Gasteiger partial charge in [0.25, 0.3) is 0 Å². The number of hydrogen-bond donors (Lipinski definition) is 5. The fraction of sp³-hybridized carbons (Fsp3) is 0.0357. The molecule has 184 valence electrons. The summed E-state index contributed by atoms with van der Waals surface area (Å²) in [5.74, 6) is 1.35. The number of rotatable bonds is 7. The maximum Gasteiger partial charge on any atom is 0.170 e. The molecule has 5 rings (SSSR count). The van der Waals surface area contributed by atoms with E-state index in [0.29, 0.717) is 29.3 Å². The van der Waals surface area contributed by atoms with Crippen LogP contribution in [-0.4, -0.2) is 32.1 Å². The monoisotopic (exact) mass is 492 g/mol. The fourth-order valence-electron chi connectivity index (χ4n) is 4.00. The van der Waals surface area contributed by atoms with Crippen LogP contribution in [-0.2, 0) is 6.61 Å². The van der Waals surface area contributed by atoms with Crippen molar-refractivity contribution in [2.24, 2.45) is 21.8 Å². The zero-order valence-electron chi connectivity index (χ0n) is 19.7. The van der Waals surface area contributed by atoms with Crippen molar-refractivity contribution >= 4 is 22.7 Å². The quantitative estimate of drug-likeness (QED) is 0.0963. The number of nitrogens with one attached hydrogen (secondary N) is 1. The highest BCUT2D eigenvalue weighted by molar-refractivity contribution is 6.00. The first-order valence-corrected chi connectivity index (χ1v) is 11.4. The molecular weight excluding hydrogens is 468 g/mol. The number of ether oxygens (including phenoxy) is 1. The van der Waals surface area contributed by atoms with Gasteiger partial charge in [0.1, 0.15) is 18.2 Å². The van der Waals surface area contributed by atoms with Crippen LogP contribution in [0, 0.1) is 0 Å². The van der Waals surface area contributed by atoms with Gasteiger partial charge in [0.05, 0.1) is 11.0 Å². The number of benzene rings is 4. The third-order valence-electron chi connectivity index (χ3n) is 5.98. The van der Waals surface area contributed by atoms with E-state index >= 15 is 0 Å². The Kier molecular flexibility index (Phi) is 6.41. The third kappa shape index (κ3) is 4.92. The van der Waals surface area contributed by atoms with Gasteiger partial charge < -0.3 is 31.6 Å². The summed E-state index contributed by atoms with van der Waals surface area (Å²) in [5.41, 5.74) is 17.9. The average Bonchev–Trinajstić information content (AvgIpc) is 3.39. The summed E-state index contributed by atoms with van der Waals surface area (Å²) < 4.78 is 6.16. The van der Waals surface area contributed by atoms with Gasteiger partial charge in [-0.25, -0.2) is 4.98 Å². The van der Waals surface area contributed by atoms with Gasteiger partial charge in [-0.3, -0.25) is 0 Å². The standard InChI is InChI=1S/C28H24N6O3/c29-26(33-35)20-11-13-23-24(14-20)32-28(31-23)19-8-6-18(7-9-19)22-12-10-21(27(30)34-36)15-25(22)37-16-17-4-2-1-3-5-17/h1-15,35-36H,16H2,(H2,29,33)(H2,30,34)(H,31,32). The van der Waals surface area contributed by atoms with E-state index in [1.807, 2.05) is 66.7 Å². The zero-order chi connectivity index (χ0) is 25.8. The zero-order valence-corrected chi connectivity index (χ0v) is 19.7. The third-order valence-corrected chi connectivity index (χ3v) is 5.98. The molecule has 0 radical (unpaired) electrons. The van der Waals surface area contributed by atoms with Crippen molar-refractivity contribution in [3.05, 3.63) is 108 Å². The molecule has 0 fully saturated rings. The first-order valence-electron chi connectivity index (χ1n) is 11.4. The lowest BCUT2D eigenvalue weighted by atomic mass is 10.0. The highest BCUT2D eigenvalue weighted by Gasteiger charge is 2.12. The fourth-order valence-corrected chi connectivity index (χ4v) is 4.00. The van der Waals surface area contributed by atoms with Crippen molar-refractivity contribution in [3.63, 3.8) is 0 Å². The molecule has 1 heterocycles. The van der Waals surface area contributed by atoms with E-state index in [-0.39, 0.29) is 11.7 Å². The molecule has 5 aromatic rings. The molecule has 7 N–H and O–H groups in total. The van der Waals surface area contributed by atoms with E-state index in [1.165, 1.54) is 0 Å². The number of oxime groups is 2. The lowest BCUT2D eigenvalue weighted by molar-refractivity contribution is 0.307. The summed E-state index contributed by atoms with van der Waals surface area (Å²) in [6.07, 6.45) is 0. The van der Waals surface area contributed by atoms with Crippen LogP contribution in [0.4, 0.5) is 0 Å². The van der Waals surface area contributed by atoms with Crippen LogP contribution >= 0.6 is 0 Å². The lowest BCUT2D eigenvalue weighted by Gasteiger charge is -2.14. The molecule has 1 aromatic heterocycles. The summed E-state index contributed by atoms with van der Waals surface area (Å²) in [4.78, 5) is 7.95. The van der Waals surface area contributed by atoms with Crippen molar-refractivity contribution in [1.82, 2.24) is 9.97 Å². The van der Waals surface area contributed by atoms with Crippen LogP contribution in [0.2, 0.25) is 0 Å². The molecule has 0 aliphatic heterocycles. The van der Waals surface area contributed by atoms with Gasteiger partial charge in [-0.15, -0.1) is 0 Å². The smallest absolute Gasteiger partial charge is 0.170 e. The van der Waals surface area contributed by atoms with Crippen molar-refractivity contribution in [1.29, 1.82) is 0 Å². The summed E-state index contributed by atoms with van der Waals surface area (Å²) >= 11 is 0. The summed E-state index contributed by atoms with van der Waals surface area (Å²) in [7, 11) is 0. The van der Waals surface area contributed by atoms with Gasteiger partial charge in [-0.2, -0.15) is 0 Å². The van der Waals surface area contributed by atoms with Crippen molar-refractivity contribution in [3.8, 4) is 28.3 Å². The molecule has 0 saturated heterocycles. The summed E-state index contributed by atoms with van der Waals surface area (Å²) in [6.45, 7) is 0.373. The average molecular weight is 493 g/mol. The van der Waals surface area contributed by atoms with Crippen molar-refractivity contribution in [2.75, 3.05) is 0 Å². The second-order valence-corrected chi connectivity index (χ2v) is 8.35. The molecule has 0 aliphatic carbocycles. The minimum Gasteiger partial charge on any atom is -0.488 e. The van der Waals surface area contributed by atoms with E-state index in [0.717, 1.165) is 33.3 Å². The van der Waals surface area contributed by atoms with Gasteiger partial charge in [-0.05, 0) is 41.5 Å². The van der Waals surface area contributed by atoms with Crippen molar-refractivity contribution in [2.45, 2.75) is 6.61 Å². The first-order chi connectivity index (χ1) is 18.1. The molecule has 0 bridgehead atoms. The van der Waals surface area contributed by atoms with Crippen molar-refractivity contribution < 1.29 is 15.2 Å². The van der Waals surface area contributed by atoms with E-state index < -0.39 is 0 Å². The number of H-pyrrole nitrogens is 1. The van der Waals surface area contributed by atoms with E-state index in [2.05, 4.69) is 20.3 Å². The summed E-state index contributed by atoms with van der Waals surface area (Å²) in [5, 5.41) is 24.2. The molecule has 0 spiro atoms. The molecule has 9 nitrogen and oxygen atoms in total. The number of nitrogens with zero attached hydrogens (tertiary/aromatic N) is 3. The van der Waals surface area contributed by atoms with E-state index in [1.54, 1.807) is 24.3 Å². The lowest BCUT2D eigenvalue weighted by Crippen LogP contribution is -2.13. The number of aromatic nitrogens is 2. The topological polar surface area (TPSA) is 155 Å². The van der Waals surface area contributed by atoms with Crippen LogP contribution in [0.15, 0.2) is 101 Å². The minimum absolute atomic E-state index is 0.00604. The molecule has 4 aromatic carbocycles. The highest BCUT2D eigenvalue weighted by atomic mass is 16.5. The Labute approximate surface area is 212 Å². The number of amidine groups is 2. The maximum absolute atomic E-state index is 9.11. The summed E-state index contributed by atoms with van der Waals surface area (Å²) in [6, 6.07) is 28.5. The maximum atomic E-state index is 9.11. The Balaban J connectivity index is 1.46. The number of imidazole rings is 1. The molecule has 37 heavy (non-hydrogen) atoms. The Morgan fingerprint density at radius 3 is 2.14 bits per heavy atom. The number of aromatic amines is 1. The molecule has 0 amide bonds. The number of hydrogen-bond acceptors (Lipinski definition) is 6. The number of nitrogens with two attached hydrogens (primary N) is 2. The van der Waals surface area contributed by atoms with Gasteiger partial charge in [0.15, 0.2) is 11.7 Å². The second-order valence-electron chi connectivity index (χ2n) is 8.35. The van der Waals surface area contributed by atoms with Gasteiger partial charge >= 0.3 is 0 Å². The van der Waals surface area contributed by atoms with Crippen LogP contribution in [0.1, 0.15) is 16.7 Å². The largest absolute Gasteiger partial charge is 0.488 e. The normalized spacial score (nSPS) is 12.1. The predicted octanol–water partition coefficient (Wildman–Crippen LogP) is 4.66.